The lowest BCUT2D eigenvalue weighted by atomic mass is 9.86. The van der Waals surface area contributed by atoms with E-state index in [1.54, 1.807) is 6.33 Å². The van der Waals surface area contributed by atoms with E-state index in [4.69, 9.17) is 0 Å². The highest BCUT2D eigenvalue weighted by molar-refractivity contribution is 9.08. The first-order valence-corrected chi connectivity index (χ1v) is 8.52. The topological polar surface area (TPSA) is 25.8 Å². The standard InChI is InChI=1S/C19H19BrN2/c1-19(2,3)14-9-7-13(8-10-14)15-5-4-6-16-17(11-20)21-12-22-18(15)16/h4-10,12H,11H2,1-3H3. The first-order chi connectivity index (χ1) is 10.5. The Labute approximate surface area is 139 Å². The molecule has 0 amide bonds. The molecule has 0 aliphatic rings. The van der Waals surface area contributed by atoms with Crippen molar-refractivity contribution in [3.63, 3.8) is 0 Å². The summed E-state index contributed by atoms with van der Waals surface area (Å²) in [6, 6.07) is 15.1. The molecule has 22 heavy (non-hydrogen) atoms. The molecule has 0 atom stereocenters. The second-order valence-corrected chi connectivity index (χ2v) is 7.04. The Bertz CT molecular complexity index is 802. The number of alkyl halides is 1. The Morgan fingerprint density at radius 2 is 1.68 bits per heavy atom. The Hall–Kier alpha value is -1.74. The van der Waals surface area contributed by atoms with Crippen molar-refractivity contribution in [1.82, 2.24) is 9.97 Å². The summed E-state index contributed by atoms with van der Waals surface area (Å²) in [6.07, 6.45) is 1.64. The van der Waals surface area contributed by atoms with E-state index < -0.39 is 0 Å². The molecule has 0 fully saturated rings. The molecule has 1 heterocycles. The highest BCUT2D eigenvalue weighted by atomic mass is 79.9. The van der Waals surface area contributed by atoms with Crippen LogP contribution in [0.5, 0.6) is 0 Å². The van der Waals surface area contributed by atoms with Crippen LogP contribution in [0.3, 0.4) is 0 Å². The van der Waals surface area contributed by atoms with E-state index in [0.717, 1.165) is 27.5 Å². The fourth-order valence-electron chi connectivity index (χ4n) is 2.63. The molecule has 2 nitrogen and oxygen atoms in total. The van der Waals surface area contributed by atoms with Gasteiger partial charge in [0.05, 0.1) is 11.2 Å². The molecule has 0 unspecified atom stereocenters. The maximum atomic E-state index is 4.51. The van der Waals surface area contributed by atoms with E-state index in [1.807, 2.05) is 0 Å². The van der Waals surface area contributed by atoms with Gasteiger partial charge in [-0.3, -0.25) is 0 Å². The molecule has 1 aromatic heterocycles. The summed E-state index contributed by atoms with van der Waals surface area (Å²) in [4.78, 5) is 8.85. The minimum absolute atomic E-state index is 0.169. The number of halogens is 1. The predicted octanol–water partition coefficient (Wildman–Crippen LogP) is 5.49. The summed E-state index contributed by atoms with van der Waals surface area (Å²) in [5, 5.41) is 1.84. The van der Waals surface area contributed by atoms with Crippen LogP contribution in [0.1, 0.15) is 32.0 Å². The first kappa shape index (κ1) is 15.2. The van der Waals surface area contributed by atoms with E-state index in [-0.39, 0.29) is 5.41 Å². The van der Waals surface area contributed by atoms with Crippen LogP contribution in [0.4, 0.5) is 0 Å². The molecule has 3 heteroatoms. The molecule has 3 aromatic rings. The molecule has 0 N–H and O–H groups in total. The van der Waals surface area contributed by atoms with Crippen molar-refractivity contribution in [2.45, 2.75) is 31.5 Å². The molecule has 0 spiro atoms. The quantitative estimate of drug-likeness (QED) is 0.568. The Balaban J connectivity index is 2.14. The van der Waals surface area contributed by atoms with Gasteiger partial charge >= 0.3 is 0 Å². The maximum Gasteiger partial charge on any atom is 0.116 e. The second-order valence-electron chi connectivity index (χ2n) is 6.48. The minimum atomic E-state index is 0.169. The van der Waals surface area contributed by atoms with Crippen molar-refractivity contribution in [2.75, 3.05) is 0 Å². The molecular weight excluding hydrogens is 336 g/mol. The highest BCUT2D eigenvalue weighted by Gasteiger charge is 2.14. The number of aromatic nitrogens is 2. The Morgan fingerprint density at radius 3 is 2.32 bits per heavy atom. The van der Waals surface area contributed by atoms with Gasteiger partial charge in [-0.2, -0.15) is 0 Å². The van der Waals surface area contributed by atoms with Gasteiger partial charge in [0.25, 0.3) is 0 Å². The highest BCUT2D eigenvalue weighted by Crippen LogP contribution is 2.30. The van der Waals surface area contributed by atoms with Crippen LogP contribution < -0.4 is 0 Å². The summed E-state index contributed by atoms with van der Waals surface area (Å²) < 4.78 is 0. The monoisotopic (exact) mass is 354 g/mol. The van der Waals surface area contributed by atoms with Crippen molar-refractivity contribution in [2.24, 2.45) is 0 Å². The van der Waals surface area contributed by atoms with Crippen LogP contribution in [-0.2, 0) is 10.7 Å². The van der Waals surface area contributed by atoms with Gasteiger partial charge in [0.15, 0.2) is 0 Å². The molecule has 0 aliphatic heterocycles. The fraction of sp³-hybridized carbons (Fsp3) is 0.263. The van der Waals surface area contributed by atoms with Crippen molar-refractivity contribution >= 4 is 26.8 Å². The summed E-state index contributed by atoms with van der Waals surface area (Å²) in [5.74, 6) is 0. The van der Waals surface area contributed by atoms with Gasteiger partial charge in [-0.05, 0) is 16.5 Å². The van der Waals surface area contributed by atoms with E-state index >= 15 is 0 Å². The van der Waals surface area contributed by atoms with Crippen molar-refractivity contribution < 1.29 is 0 Å². The molecule has 0 saturated heterocycles. The van der Waals surface area contributed by atoms with Gasteiger partial charge in [0, 0.05) is 16.3 Å². The predicted molar refractivity (Wildman–Crippen MR) is 96.3 cm³/mol. The average Bonchev–Trinajstić information content (AvgIpc) is 2.53. The third-order valence-electron chi connectivity index (χ3n) is 3.94. The SMILES string of the molecule is CC(C)(C)c1ccc(-c2cccc3c(CBr)ncnc23)cc1. The van der Waals surface area contributed by atoms with Crippen molar-refractivity contribution in [3.05, 3.63) is 60.0 Å². The number of hydrogen-bond donors (Lipinski definition) is 0. The van der Waals surface area contributed by atoms with Gasteiger partial charge in [-0.15, -0.1) is 0 Å². The van der Waals surface area contributed by atoms with E-state index in [0.29, 0.717) is 0 Å². The van der Waals surface area contributed by atoms with E-state index in [9.17, 15) is 0 Å². The molecule has 2 aromatic carbocycles. The van der Waals surface area contributed by atoms with Gasteiger partial charge in [0.1, 0.15) is 6.33 Å². The molecule has 3 rings (SSSR count). The van der Waals surface area contributed by atoms with Crippen LogP contribution in [0.15, 0.2) is 48.8 Å². The molecule has 0 bridgehead atoms. The zero-order chi connectivity index (χ0) is 15.7. The third-order valence-corrected chi connectivity index (χ3v) is 4.47. The van der Waals surface area contributed by atoms with Crippen LogP contribution in [0, 0.1) is 0 Å². The molecule has 0 radical (unpaired) electrons. The lowest BCUT2D eigenvalue weighted by molar-refractivity contribution is 0.590. The van der Waals surface area contributed by atoms with Crippen molar-refractivity contribution in [3.8, 4) is 11.1 Å². The average molecular weight is 355 g/mol. The number of nitrogens with zero attached hydrogens (tertiary/aromatic N) is 2. The van der Waals surface area contributed by atoms with Gasteiger partial charge in [0.2, 0.25) is 0 Å². The normalized spacial score (nSPS) is 11.8. The number of fused-ring (bicyclic) bond motifs is 1. The van der Waals surface area contributed by atoms with Gasteiger partial charge < -0.3 is 0 Å². The van der Waals surface area contributed by atoms with Gasteiger partial charge in [-0.25, -0.2) is 9.97 Å². The number of benzene rings is 2. The van der Waals surface area contributed by atoms with Crippen LogP contribution in [0.25, 0.3) is 22.0 Å². The van der Waals surface area contributed by atoms with Crippen molar-refractivity contribution in [1.29, 1.82) is 0 Å². The van der Waals surface area contributed by atoms with E-state index in [1.165, 1.54) is 11.1 Å². The Kier molecular flexibility index (Phi) is 4.00. The first-order valence-electron chi connectivity index (χ1n) is 7.40. The zero-order valence-corrected chi connectivity index (χ0v) is 14.7. The summed E-state index contributed by atoms with van der Waals surface area (Å²) in [6.45, 7) is 6.69. The maximum absolute atomic E-state index is 4.51. The lowest BCUT2D eigenvalue weighted by Crippen LogP contribution is -2.10. The van der Waals surface area contributed by atoms with Crippen LogP contribution >= 0.6 is 15.9 Å². The molecule has 0 saturated carbocycles. The number of para-hydroxylation sites is 1. The lowest BCUT2D eigenvalue weighted by Gasteiger charge is -2.19. The summed E-state index contributed by atoms with van der Waals surface area (Å²) in [7, 11) is 0. The molecular formula is C19H19BrN2. The fourth-order valence-corrected chi connectivity index (χ4v) is 3.08. The smallest absolute Gasteiger partial charge is 0.116 e. The zero-order valence-electron chi connectivity index (χ0n) is 13.1. The van der Waals surface area contributed by atoms with E-state index in [2.05, 4.69) is 89.1 Å². The molecule has 112 valence electrons. The largest absolute Gasteiger partial charge is 0.240 e. The van der Waals surface area contributed by atoms with Crippen LogP contribution in [0.2, 0.25) is 0 Å². The summed E-state index contributed by atoms with van der Waals surface area (Å²) in [5.41, 5.74) is 5.89. The molecule has 0 aliphatic carbocycles. The minimum Gasteiger partial charge on any atom is -0.240 e. The Morgan fingerprint density at radius 1 is 0.955 bits per heavy atom. The number of rotatable bonds is 2. The number of hydrogen-bond acceptors (Lipinski definition) is 2. The van der Waals surface area contributed by atoms with Gasteiger partial charge in [-0.1, -0.05) is 79.2 Å². The second kappa shape index (κ2) is 5.81. The third kappa shape index (κ3) is 2.78. The summed E-state index contributed by atoms with van der Waals surface area (Å²) >= 11 is 3.50. The van der Waals surface area contributed by atoms with Crippen LogP contribution in [-0.4, -0.2) is 9.97 Å².